The third kappa shape index (κ3) is 4.21. The molecule has 1 aliphatic heterocycles. The van der Waals surface area contributed by atoms with Crippen LogP contribution in [0.25, 0.3) is 11.4 Å². The van der Waals surface area contributed by atoms with Gasteiger partial charge in [-0.3, -0.25) is 0 Å². The Morgan fingerprint density at radius 3 is 2.61 bits per heavy atom. The zero-order chi connectivity index (χ0) is 19.5. The summed E-state index contributed by atoms with van der Waals surface area (Å²) in [6.45, 7) is 3.16. The predicted octanol–water partition coefficient (Wildman–Crippen LogP) is 5.19. The summed E-state index contributed by atoms with van der Waals surface area (Å²) in [6.07, 6.45) is 1.93. The second-order valence-electron chi connectivity index (χ2n) is 7.39. The normalized spacial score (nSPS) is 12.4. The minimum Gasteiger partial charge on any atom is -0.438 e. The minimum absolute atomic E-state index is 0.694. The van der Waals surface area contributed by atoms with E-state index >= 15 is 0 Å². The minimum atomic E-state index is 0.694. The SMILES string of the molecule is Cc1ccc(-c2nc3c(c(SCCCN(C)C)n2)Cc2ccccc2O3)cc1. The molecule has 144 valence electrons. The third-order valence-corrected chi connectivity index (χ3v) is 5.88. The molecule has 4 nitrogen and oxygen atoms in total. The number of aryl methyl sites for hydroxylation is 1. The summed E-state index contributed by atoms with van der Waals surface area (Å²) in [4.78, 5) is 11.9. The molecule has 3 aromatic rings. The lowest BCUT2D eigenvalue weighted by atomic mass is 10.0. The highest BCUT2D eigenvalue weighted by Crippen LogP contribution is 2.40. The molecule has 5 heteroatoms. The van der Waals surface area contributed by atoms with Gasteiger partial charge >= 0.3 is 0 Å². The Hall–Kier alpha value is -2.37. The first kappa shape index (κ1) is 19.0. The van der Waals surface area contributed by atoms with Crippen LogP contribution < -0.4 is 4.74 Å². The molecule has 0 aliphatic carbocycles. The van der Waals surface area contributed by atoms with Crippen LogP contribution in [0.1, 0.15) is 23.1 Å². The molecular formula is C23H25N3OS. The number of thioether (sulfide) groups is 1. The van der Waals surface area contributed by atoms with Crippen LogP contribution in [-0.2, 0) is 6.42 Å². The largest absolute Gasteiger partial charge is 0.438 e. The van der Waals surface area contributed by atoms with Crippen LogP contribution in [0, 0.1) is 6.92 Å². The van der Waals surface area contributed by atoms with Crippen molar-refractivity contribution < 1.29 is 4.74 Å². The fraction of sp³-hybridized carbons (Fsp3) is 0.304. The highest BCUT2D eigenvalue weighted by Gasteiger charge is 2.23. The van der Waals surface area contributed by atoms with Gasteiger partial charge in [0.25, 0.3) is 0 Å². The average molecular weight is 392 g/mol. The van der Waals surface area contributed by atoms with Crippen LogP contribution in [0.5, 0.6) is 11.6 Å². The zero-order valence-electron chi connectivity index (χ0n) is 16.6. The smallest absolute Gasteiger partial charge is 0.227 e. The number of benzene rings is 2. The number of ether oxygens (including phenoxy) is 1. The molecule has 0 saturated carbocycles. The van der Waals surface area contributed by atoms with Gasteiger partial charge in [0.15, 0.2) is 5.82 Å². The van der Waals surface area contributed by atoms with E-state index in [0.29, 0.717) is 5.88 Å². The molecule has 0 radical (unpaired) electrons. The van der Waals surface area contributed by atoms with Gasteiger partial charge in [-0.25, -0.2) is 4.98 Å². The van der Waals surface area contributed by atoms with Crippen LogP contribution in [0.4, 0.5) is 0 Å². The number of rotatable bonds is 6. The summed E-state index contributed by atoms with van der Waals surface area (Å²) < 4.78 is 6.18. The number of hydrogen-bond acceptors (Lipinski definition) is 5. The first-order valence-electron chi connectivity index (χ1n) is 9.61. The van der Waals surface area contributed by atoms with Gasteiger partial charge in [-0.05, 0) is 45.6 Å². The molecule has 0 unspecified atom stereocenters. The monoisotopic (exact) mass is 391 g/mol. The number of para-hydroxylation sites is 1. The van der Waals surface area contributed by atoms with Gasteiger partial charge in [-0.2, -0.15) is 4.98 Å². The first-order valence-corrected chi connectivity index (χ1v) is 10.6. The maximum Gasteiger partial charge on any atom is 0.227 e. The lowest BCUT2D eigenvalue weighted by molar-refractivity contribution is 0.410. The second-order valence-corrected chi connectivity index (χ2v) is 8.48. The molecule has 0 N–H and O–H groups in total. The van der Waals surface area contributed by atoms with E-state index in [1.54, 1.807) is 11.8 Å². The zero-order valence-corrected chi connectivity index (χ0v) is 17.4. The van der Waals surface area contributed by atoms with Gasteiger partial charge in [0.1, 0.15) is 10.8 Å². The quantitative estimate of drug-likeness (QED) is 0.257. The van der Waals surface area contributed by atoms with E-state index in [9.17, 15) is 0 Å². The highest BCUT2D eigenvalue weighted by molar-refractivity contribution is 7.99. The molecule has 0 bridgehead atoms. The Bertz CT molecular complexity index is 970. The fourth-order valence-electron chi connectivity index (χ4n) is 3.22. The molecule has 28 heavy (non-hydrogen) atoms. The van der Waals surface area contributed by atoms with Gasteiger partial charge < -0.3 is 9.64 Å². The molecule has 4 rings (SSSR count). The Balaban J connectivity index is 1.68. The number of hydrogen-bond donors (Lipinski definition) is 0. The van der Waals surface area contributed by atoms with Crippen LogP contribution in [0.15, 0.2) is 53.6 Å². The summed E-state index contributed by atoms with van der Waals surface area (Å²) in [5.74, 6) is 3.34. The maximum absolute atomic E-state index is 6.18. The molecule has 1 aliphatic rings. The van der Waals surface area contributed by atoms with Gasteiger partial charge in [0.05, 0.1) is 5.56 Å². The van der Waals surface area contributed by atoms with Crippen molar-refractivity contribution in [3.05, 3.63) is 65.2 Å². The second kappa shape index (κ2) is 8.33. The third-order valence-electron chi connectivity index (χ3n) is 4.78. The van der Waals surface area contributed by atoms with Crippen molar-refractivity contribution in [1.29, 1.82) is 0 Å². The van der Waals surface area contributed by atoms with Crippen molar-refractivity contribution in [3.63, 3.8) is 0 Å². The Kier molecular flexibility index (Phi) is 5.64. The highest BCUT2D eigenvalue weighted by atomic mass is 32.2. The van der Waals surface area contributed by atoms with E-state index in [0.717, 1.165) is 52.9 Å². The molecular weight excluding hydrogens is 366 g/mol. The molecule has 0 saturated heterocycles. The van der Waals surface area contributed by atoms with E-state index in [1.807, 2.05) is 12.1 Å². The molecule has 2 aromatic carbocycles. The van der Waals surface area contributed by atoms with Crippen molar-refractivity contribution in [3.8, 4) is 23.0 Å². The lowest BCUT2D eigenvalue weighted by Gasteiger charge is -2.21. The van der Waals surface area contributed by atoms with Gasteiger partial charge in [-0.15, -0.1) is 11.8 Å². The summed E-state index contributed by atoms with van der Waals surface area (Å²) in [6, 6.07) is 16.5. The Labute approximate surface area is 171 Å². The lowest BCUT2D eigenvalue weighted by Crippen LogP contribution is -2.13. The molecule has 2 heterocycles. The maximum atomic E-state index is 6.18. The molecule has 0 amide bonds. The van der Waals surface area contributed by atoms with E-state index in [2.05, 4.69) is 62.3 Å². The van der Waals surface area contributed by atoms with E-state index in [4.69, 9.17) is 14.7 Å². The van der Waals surface area contributed by atoms with Gasteiger partial charge in [0.2, 0.25) is 5.88 Å². The Morgan fingerprint density at radius 2 is 1.82 bits per heavy atom. The number of nitrogens with zero attached hydrogens (tertiary/aromatic N) is 3. The van der Waals surface area contributed by atoms with Crippen molar-refractivity contribution in [2.75, 3.05) is 26.4 Å². The van der Waals surface area contributed by atoms with Gasteiger partial charge in [-0.1, -0.05) is 48.0 Å². The van der Waals surface area contributed by atoms with E-state index in [-0.39, 0.29) is 0 Å². The molecule has 0 fully saturated rings. The van der Waals surface area contributed by atoms with Crippen LogP contribution in [0.2, 0.25) is 0 Å². The summed E-state index contributed by atoms with van der Waals surface area (Å²) in [5, 5.41) is 1.04. The van der Waals surface area contributed by atoms with Crippen LogP contribution >= 0.6 is 11.8 Å². The fourth-order valence-corrected chi connectivity index (χ4v) is 4.18. The Morgan fingerprint density at radius 1 is 1.04 bits per heavy atom. The van der Waals surface area contributed by atoms with Crippen molar-refractivity contribution in [2.45, 2.75) is 24.8 Å². The van der Waals surface area contributed by atoms with Crippen LogP contribution in [-0.4, -0.2) is 41.3 Å². The first-order chi connectivity index (χ1) is 13.6. The average Bonchev–Trinajstić information content (AvgIpc) is 2.70. The van der Waals surface area contributed by atoms with E-state index in [1.165, 1.54) is 11.1 Å². The van der Waals surface area contributed by atoms with Crippen molar-refractivity contribution in [1.82, 2.24) is 14.9 Å². The van der Waals surface area contributed by atoms with E-state index < -0.39 is 0 Å². The topological polar surface area (TPSA) is 38.2 Å². The molecule has 0 spiro atoms. The summed E-state index contributed by atoms with van der Waals surface area (Å²) >= 11 is 1.81. The van der Waals surface area contributed by atoms with Crippen LogP contribution in [0.3, 0.4) is 0 Å². The summed E-state index contributed by atoms with van der Waals surface area (Å²) in [5.41, 5.74) is 4.54. The standard InChI is InChI=1S/C23H25N3OS/c1-16-9-11-17(12-10-16)21-24-22-19(15-18-7-4-5-8-20(18)27-22)23(25-21)28-14-6-13-26(2)3/h4-5,7-12H,6,13-15H2,1-3H3. The predicted molar refractivity (Wildman–Crippen MR) is 115 cm³/mol. The summed E-state index contributed by atoms with van der Waals surface area (Å²) in [7, 11) is 4.22. The molecule has 0 atom stereocenters. The van der Waals surface area contributed by atoms with Gasteiger partial charge in [0, 0.05) is 17.7 Å². The van der Waals surface area contributed by atoms with Crippen molar-refractivity contribution >= 4 is 11.8 Å². The van der Waals surface area contributed by atoms with Crippen molar-refractivity contribution in [2.24, 2.45) is 0 Å². The molecule has 1 aromatic heterocycles. The number of aromatic nitrogens is 2. The number of fused-ring (bicyclic) bond motifs is 2.